The summed E-state index contributed by atoms with van der Waals surface area (Å²) in [6.07, 6.45) is 9.21. The molecule has 1 amide bonds. The molecule has 0 unspecified atom stereocenters. The Hall–Kier alpha value is -2.06. The van der Waals surface area contributed by atoms with Crippen molar-refractivity contribution in [1.29, 1.82) is 0 Å². The molecular formula is C25H35NO5S2. The molecule has 0 aliphatic carbocycles. The second-order valence-electron chi connectivity index (χ2n) is 8.08. The molecule has 1 saturated heterocycles. The second kappa shape index (κ2) is 13.6. The van der Waals surface area contributed by atoms with Crippen molar-refractivity contribution in [3.63, 3.8) is 0 Å². The third-order valence-electron chi connectivity index (χ3n) is 5.41. The number of thioether (sulfide) groups is 1. The number of hydrogen-bond acceptors (Lipinski definition) is 6. The molecule has 0 saturated carbocycles. The SMILES string of the molecule is CCCCCCC[C@H](C)Oc1ccc(/C=C2/SC(=S)N([C@H](CC)C(=O)O)C2=O)cc1OCC. The highest BCUT2D eigenvalue weighted by Crippen LogP contribution is 2.36. The minimum Gasteiger partial charge on any atom is -0.490 e. The third kappa shape index (κ3) is 7.74. The molecular weight excluding hydrogens is 458 g/mol. The number of amides is 1. The quantitative estimate of drug-likeness (QED) is 0.186. The molecule has 2 rings (SSSR count). The lowest BCUT2D eigenvalue weighted by Crippen LogP contribution is -2.43. The van der Waals surface area contributed by atoms with Gasteiger partial charge < -0.3 is 14.6 Å². The Balaban J connectivity index is 2.13. The first kappa shape index (κ1) is 27.2. The van der Waals surface area contributed by atoms with Crippen molar-refractivity contribution in [3.8, 4) is 11.5 Å². The summed E-state index contributed by atoms with van der Waals surface area (Å²) in [5.74, 6) is -0.139. The van der Waals surface area contributed by atoms with E-state index in [1.807, 2.05) is 25.1 Å². The standard InChI is InChI=1S/C25H35NO5S2/c1-5-8-9-10-11-12-17(4)31-20-14-13-18(15-21(20)30-7-3)16-22-23(27)26(25(32)33-22)19(6-2)24(28)29/h13-17,19H,5-12H2,1-4H3,(H,28,29)/b22-16+/t17-,19+/m0/s1. The van der Waals surface area contributed by atoms with Gasteiger partial charge in [0.2, 0.25) is 0 Å². The summed E-state index contributed by atoms with van der Waals surface area (Å²) < 4.78 is 12.2. The molecule has 1 N–H and O–H groups in total. The van der Waals surface area contributed by atoms with E-state index in [0.717, 1.165) is 30.2 Å². The van der Waals surface area contributed by atoms with Crippen LogP contribution in [0.5, 0.6) is 11.5 Å². The van der Waals surface area contributed by atoms with Gasteiger partial charge in [0.15, 0.2) is 11.5 Å². The van der Waals surface area contributed by atoms with Crippen molar-refractivity contribution in [2.45, 2.75) is 84.8 Å². The van der Waals surface area contributed by atoms with Gasteiger partial charge >= 0.3 is 5.97 Å². The highest BCUT2D eigenvalue weighted by molar-refractivity contribution is 8.26. The summed E-state index contributed by atoms with van der Waals surface area (Å²) in [5, 5.41) is 9.42. The molecule has 6 nitrogen and oxygen atoms in total. The van der Waals surface area contributed by atoms with E-state index >= 15 is 0 Å². The summed E-state index contributed by atoms with van der Waals surface area (Å²) in [5.41, 5.74) is 0.766. The molecule has 0 aromatic heterocycles. The van der Waals surface area contributed by atoms with Gasteiger partial charge in [0, 0.05) is 0 Å². The number of ether oxygens (including phenoxy) is 2. The summed E-state index contributed by atoms with van der Waals surface area (Å²) in [4.78, 5) is 26.0. The topological polar surface area (TPSA) is 76.1 Å². The van der Waals surface area contributed by atoms with Crippen LogP contribution in [0.25, 0.3) is 6.08 Å². The highest BCUT2D eigenvalue weighted by Gasteiger charge is 2.39. The van der Waals surface area contributed by atoms with Gasteiger partial charge in [-0.2, -0.15) is 0 Å². The van der Waals surface area contributed by atoms with E-state index in [4.69, 9.17) is 21.7 Å². The first-order valence-electron chi connectivity index (χ1n) is 11.8. The minimum absolute atomic E-state index is 0.0786. The number of carbonyl (C=O) groups is 2. The fourth-order valence-corrected chi connectivity index (χ4v) is 5.02. The predicted molar refractivity (Wildman–Crippen MR) is 138 cm³/mol. The lowest BCUT2D eigenvalue weighted by molar-refractivity contribution is -0.145. The van der Waals surface area contributed by atoms with Gasteiger partial charge in [-0.3, -0.25) is 9.69 Å². The Morgan fingerprint density at radius 3 is 2.55 bits per heavy atom. The maximum Gasteiger partial charge on any atom is 0.326 e. The second-order valence-corrected chi connectivity index (χ2v) is 9.76. The number of carbonyl (C=O) groups excluding carboxylic acids is 1. The molecule has 1 fully saturated rings. The van der Waals surface area contributed by atoms with E-state index in [2.05, 4.69) is 13.8 Å². The van der Waals surface area contributed by atoms with Crippen molar-refractivity contribution in [2.75, 3.05) is 6.61 Å². The zero-order chi connectivity index (χ0) is 24.4. The van der Waals surface area contributed by atoms with Crippen LogP contribution < -0.4 is 9.47 Å². The van der Waals surface area contributed by atoms with Gasteiger partial charge in [0.1, 0.15) is 10.4 Å². The summed E-state index contributed by atoms with van der Waals surface area (Å²) >= 11 is 6.41. The van der Waals surface area contributed by atoms with Gasteiger partial charge in [-0.1, -0.05) is 69.6 Å². The van der Waals surface area contributed by atoms with Crippen molar-refractivity contribution in [3.05, 3.63) is 28.7 Å². The maximum absolute atomic E-state index is 12.8. The molecule has 0 bridgehead atoms. The Kier molecular flexibility index (Phi) is 11.2. The molecule has 1 aliphatic heterocycles. The van der Waals surface area contributed by atoms with Crippen molar-refractivity contribution < 1.29 is 24.2 Å². The summed E-state index contributed by atoms with van der Waals surface area (Å²) in [7, 11) is 0. The lowest BCUT2D eigenvalue weighted by atomic mass is 10.1. The number of nitrogens with zero attached hydrogens (tertiary/aromatic N) is 1. The van der Waals surface area contributed by atoms with E-state index in [9.17, 15) is 14.7 Å². The number of unbranched alkanes of at least 4 members (excludes halogenated alkanes) is 4. The average Bonchev–Trinajstić information content (AvgIpc) is 3.03. The number of carboxylic acid groups (broad SMARTS) is 1. The molecule has 1 heterocycles. The van der Waals surface area contributed by atoms with Gasteiger partial charge in [0.25, 0.3) is 5.91 Å². The van der Waals surface area contributed by atoms with Crippen LogP contribution in [0, 0.1) is 0 Å². The molecule has 2 atom stereocenters. The smallest absolute Gasteiger partial charge is 0.326 e. The van der Waals surface area contributed by atoms with Crippen LogP contribution in [0.3, 0.4) is 0 Å². The van der Waals surface area contributed by atoms with E-state index < -0.39 is 12.0 Å². The molecule has 33 heavy (non-hydrogen) atoms. The van der Waals surface area contributed by atoms with Crippen LogP contribution in [0.4, 0.5) is 0 Å². The van der Waals surface area contributed by atoms with Gasteiger partial charge in [-0.25, -0.2) is 4.79 Å². The van der Waals surface area contributed by atoms with Crippen LogP contribution in [-0.4, -0.2) is 45.0 Å². The fourth-order valence-electron chi connectivity index (χ4n) is 3.66. The highest BCUT2D eigenvalue weighted by atomic mass is 32.2. The largest absolute Gasteiger partial charge is 0.490 e. The van der Waals surface area contributed by atoms with Crippen LogP contribution >= 0.6 is 24.0 Å². The van der Waals surface area contributed by atoms with Crippen molar-refractivity contribution in [2.24, 2.45) is 0 Å². The van der Waals surface area contributed by atoms with Gasteiger partial charge in [-0.05, 0) is 56.9 Å². The van der Waals surface area contributed by atoms with E-state index in [-0.39, 0.29) is 22.8 Å². The van der Waals surface area contributed by atoms with E-state index in [0.29, 0.717) is 23.0 Å². The fraction of sp³-hybridized carbons (Fsp3) is 0.560. The lowest BCUT2D eigenvalue weighted by Gasteiger charge is -2.21. The average molecular weight is 494 g/mol. The number of carboxylic acids is 1. The number of benzene rings is 1. The molecule has 1 aliphatic rings. The Bertz CT molecular complexity index is 870. The summed E-state index contributed by atoms with van der Waals surface area (Å²) in [6, 6.07) is 4.61. The zero-order valence-corrected chi connectivity index (χ0v) is 21.6. The number of hydrogen-bond donors (Lipinski definition) is 1. The van der Waals surface area contributed by atoms with Crippen LogP contribution in [0.2, 0.25) is 0 Å². The Morgan fingerprint density at radius 1 is 1.18 bits per heavy atom. The number of thiocarbonyl (C=S) groups is 1. The molecule has 8 heteroatoms. The molecule has 0 spiro atoms. The third-order valence-corrected chi connectivity index (χ3v) is 6.75. The Morgan fingerprint density at radius 2 is 1.91 bits per heavy atom. The normalized spacial score (nSPS) is 16.8. The van der Waals surface area contributed by atoms with Crippen LogP contribution in [0.1, 0.15) is 78.2 Å². The molecule has 182 valence electrons. The number of rotatable bonds is 14. The molecule has 1 aromatic carbocycles. The van der Waals surface area contributed by atoms with E-state index in [1.54, 1.807) is 13.0 Å². The van der Waals surface area contributed by atoms with Gasteiger partial charge in [0.05, 0.1) is 17.6 Å². The first-order valence-corrected chi connectivity index (χ1v) is 13.0. The molecule has 0 radical (unpaired) electrons. The first-order chi connectivity index (χ1) is 15.8. The maximum atomic E-state index is 12.8. The minimum atomic E-state index is -1.06. The van der Waals surface area contributed by atoms with Crippen molar-refractivity contribution >= 4 is 46.3 Å². The molecule has 1 aromatic rings. The van der Waals surface area contributed by atoms with Gasteiger partial charge in [-0.15, -0.1) is 0 Å². The van der Waals surface area contributed by atoms with E-state index in [1.165, 1.54) is 30.6 Å². The predicted octanol–water partition coefficient (Wildman–Crippen LogP) is 6.28. The van der Waals surface area contributed by atoms with Crippen molar-refractivity contribution in [1.82, 2.24) is 4.90 Å². The van der Waals surface area contributed by atoms with Crippen LogP contribution in [-0.2, 0) is 9.59 Å². The van der Waals surface area contributed by atoms with Crippen LogP contribution in [0.15, 0.2) is 23.1 Å². The monoisotopic (exact) mass is 493 g/mol. The summed E-state index contributed by atoms with van der Waals surface area (Å²) in [6.45, 7) is 8.41. The number of aliphatic carboxylic acids is 1. The Labute approximate surface area is 206 Å². The zero-order valence-electron chi connectivity index (χ0n) is 20.0.